The second-order valence-corrected chi connectivity index (χ2v) is 7.69. The van der Waals surface area contributed by atoms with Gasteiger partial charge in [-0.1, -0.05) is 0 Å². The Hall–Kier alpha value is -4.12. The van der Waals surface area contributed by atoms with E-state index in [1.807, 2.05) is 31.1 Å². The van der Waals surface area contributed by atoms with Crippen LogP contribution in [0.1, 0.15) is 10.4 Å². The molecule has 34 heavy (non-hydrogen) atoms. The Kier molecular flexibility index (Phi) is 8.41. The van der Waals surface area contributed by atoms with Crippen molar-refractivity contribution in [2.75, 3.05) is 63.4 Å². The zero-order valence-electron chi connectivity index (χ0n) is 19.5. The van der Waals surface area contributed by atoms with Crippen LogP contribution in [0.15, 0.2) is 53.5 Å². The quantitative estimate of drug-likeness (QED) is 0.347. The van der Waals surface area contributed by atoms with Gasteiger partial charge >= 0.3 is 6.03 Å². The first-order valence-electron chi connectivity index (χ1n) is 10.8. The van der Waals surface area contributed by atoms with Crippen molar-refractivity contribution in [1.29, 1.82) is 5.41 Å². The van der Waals surface area contributed by atoms with Gasteiger partial charge in [-0.25, -0.2) is 4.79 Å². The van der Waals surface area contributed by atoms with Crippen molar-refractivity contribution in [3.8, 4) is 0 Å². The average molecular weight is 467 g/mol. The predicted octanol–water partition coefficient (Wildman–Crippen LogP) is 2.29. The van der Waals surface area contributed by atoms with Crippen molar-refractivity contribution >= 4 is 40.9 Å². The van der Waals surface area contributed by atoms with Gasteiger partial charge in [0, 0.05) is 56.9 Å². The van der Waals surface area contributed by atoms with Crippen molar-refractivity contribution in [2.45, 2.75) is 0 Å². The number of anilines is 3. The van der Waals surface area contributed by atoms with Gasteiger partial charge in [-0.05, 0) is 48.5 Å². The van der Waals surface area contributed by atoms with E-state index >= 15 is 0 Å². The molecule has 5 N–H and O–H groups in total. The number of benzene rings is 2. The number of amides is 3. The van der Waals surface area contributed by atoms with E-state index in [1.54, 1.807) is 48.3 Å². The number of morpholine rings is 1. The Morgan fingerprint density at radius 3 is 1.91 bits per heavy atom. The van der Waals surface area contributed by atoms with Crippen LogP contribution in [0, 0.1) is 5.41 Å². The van der Waals surface area contributed by atoms with E-state index in [1.165, 1.54) is 0 Å². The molecule has 0 spiro atoms. The molecule has 0 unspecified atom stereocenters. The number of guanidine groups is 2. The summed E-state index contributed by atoms with van der Waals surface area (Å²) in [5.41, 5.74) is 2.45. The van der Waals surface area contributed by atoms with Gasteiger partial charge in [0.2, 0.25) is 11.9 Å². The topological polar surface area (TPSA) is 134 Å². The average Bonchev–Trinajstić information content (AvgIpc) is 2.85. The zero-order chi connectivity index (χ0) is 24.5. The van der Waals surface area contributed by atoms with Crippen LogP contribution < -0.4 is 21.3 Å². The lowest BCUT2D eigenvalue weighted by molar-refractivity contribution is 0.0672. The number of nitrogens with zero attached hydrogens (tertiary/aromatic N) is 3. The number of aliphatic imine (C=N–C) groups is 1. The van der Waals surface area contributed by atoms with Crippen molar-refractivity contribution < 1.29 is 14.3 Å². The standard InChI is InChI=1S/C23H30N8O3/c1-25-20(32)16-4-6-18(7-5-16)27-23(33)28-19-10-8-17(9-11-19)26-22(30(2)3)29-21(24)31-12-14-34-15-13-31/h4-11H,12-15H2,1-3H3,(H,25,32)(H2,24,26,29)(H2,27,28,33). The summed E-state index contributed by atoms with van der Waals surface area (Å²) in [7, 11) is 5.26. The molecule has 1 fully saturated rings. The van der Waals surface area contributed by atoms with Gasteiger partial charge in [-0.2, -0.15) is 4.99 Å². The van der Waals surface area contributed by atoms with Crippen LogP contribution in [-0.2, 0) is 4.74 Å². The Bertz CT molecular complexity index is 1030. The highest BCUT2D eigenvalue weighted by molar-refractivity contribution is 6.02. The summed E-state index contributed by atoms with van der Waals surface area (Å²) in [4.78, 5) is 32.0. The van der Waals surface area contributed by atoms with Crippen LogP contribution in [0.2, 0.25) is 0 Å². The van der Waals surface area contributed by atoms with E-state index in [2.05, 4.69) is 26.3 Å². The van der Waals surface area contributed by atoms with E-state index in [-0.39, 0.29) is 11.9 Å². The van der Waals surface area contributed by atoms with Crippen molar-refractivity contribution in [2.24, 2.45) is 4.99 Å². The Morgan fingerprint density at radius 1 is 0.912 bits per heavy atom. The Balaban J connectivity index is 1.56. The van der Waals surface area contributed by atoms with Gasteiger partial charge in [0.25, 0.3) is 5.91 Å². The second-order valence-electron chi connectivity index (χ2n) is 7.69. The van der Waals surface area contributed by atoms with Gasteiger partial charge in [0.15, 0.2) is 0 Å². The summed E-state index contributed by atoms with van der Waals surface area (Å²) in [5, 5.41) is 19.5. The van der Waals surface area contributed by atoms with Crippen LogP contribution in [-0.4, -0.2) is 81.1 Å². The molecule has 0 radical (unpaired) electrons. The number of nitrogens with one attached hydrogen (secondary N) is 5. The molecule has 0 aromatic heterocycles. The van der Waals surface area contributed by atoms with Gasteiger partial charge in [0.1, 0.15) is 0 Å². The lowest BCUT2D eigenvalue weighted by Gasteiger charge is -2.27. The number of carbonyl (C=O) groups is 2. The molecular formula is C23H30N8O3. The first-order valence-corrected chi connectivity index (χ1v) is 10.8. The second kappa shape index (κ2) is 11.7. The van der Waals surface area contributed by atoms with E-state index in [4.69, 9.17) is 10.1 Å². The molecule has 2 aromatic carbocycles. The summed E-state index contributed by atoms with van der Waals surface area (Å²) in [6.45, 7) is 2.46. The van der Waals surface area contributed by atoms with Crippen LogP contribution in [0.4, 0.5) is 21.9 Å². The molecule has 1 saturated heterocycles. The van der Waals surface area contributed by atoms with E-state index in [0.717, 1.165) is 5.69 Å². The summed E-state index contributed by atoms with van der Waals surface area (Å²) >= 11 is 0. The highest BCUT2D eigenvalue weighted by Gasteiger charge is 2.15. The largest absolute Gasteiger partial charge is 0.378 e. The molecule has 11 heteroatoms. The zero-order valence-corrected chi connectivity index (χ0v) is 19.5. The Morgan fingerprint density at radius 2 is 1.41 bits per heavy atom. The van der Waals surface area contributed by atoms with Crippen LogP contribution >= 0.6 is 0 Å². The lowest BCUT2D eigenvalue weighted by atomic mass is 10.2. The van der Waals surface area contributed by atoms with Crippen molar-refractivity contribution in [1.82, 2.24) is 15.1 Å². The van der Waals surface area contributed by atoms with Crippen molar-refractivity contribution in [3.05, 3.63) is 54.1 Å². The normalized spacial score (nSPS) is 13.6. The van der Waals surface area contributed by atoms with Crippen molar-refractivity contribution in [3.63, 3.8) is 0 Å². The van der Waals surface area contributed by atoms with Gasteiger partial charge in [-0.3, -0.25) is 10.2 Å². The summed E-state index contributed by atoms with van der Waals surface area (Å²) < 4.78 is 5.33. The van der Waals surface area contributed by atoms with Crippen LogP contribution in [0.3, 0.4) is 0 Å². The summed E-state index contributed by atoms with van der Waals surface area (Å²) in [5.74, 6) is 0.512. The maximum atomic E-state index is 12.3. The predicted molar refractivity (Wildman–Crippen MR) is 134 cm³/mol. The molecule has 11 nitrogen and oxygen atoms in total. The summed E-state index contributed by atoms with van der Waals surface area (Å²) in [6, 6.07) is 13.3. The third-order valence-electron chi connectivity index (χ3n) is 4.98. The molecule has 0 bridgehead atoms. The highest BCUT2D eigenvalue weighted by Crippen LogP contribution is 2.15. The molecule has 3 amide bonds. The maximum Gasteiger partial charge on any atom is 0.323 e. The fourth-order valence-corrected chi connectivity index (χ4v) is 3.09. The lowest BCUT2D eigenvalue weighted by Crippen LogP contribution is -2.41. The van der Waals surface area contributed by atoms with E-state index in [0.29, 0.717) is 49.2 Å². The Labute approximate surface area is 198 Å². The molecule has 1 aliphatic rings. The molecule has 3 rings (SSSR count). The van der Waals surface area contributed by atoms with Gasteiger partial charge < -0.3 is 35.8 Å². The van der Waals surface area contributed by atoms with Crippen LogP contribution in [0.25, 0.3) is 0 Å². The molecule has 0 aliphatic carbocycles. The highest BCUT2D eigenvalue weighted by atomic mass is 16.5. The number of rotatable bonds is 4. The summed E-state index contributed by atoms with van der Waals surface area (Å²) in [6.07, 6.45) is 0. The molecule has 1 heterocycles. The third-order valence-corrected chi connectivity index (χ3v) is 4.98. The smallest absolute Gasteiger partial charge is 0.323 e. The molecule has 180 valence electrons. The van der Waals surface area contributed by atoms with Gasteiger partial charge in [-0.15, -0.1) is 0 Å². The minimum Gasteiger partial charge on any atom is -0.378 e. The number of ether oxygens (including phenoxy) is 1. The number of urea groups is 1. The fourth-order valence-electron chi connectivity index (χ4n) is 3.09. The van der Waals surface area contributed by atoms with Gasteiger partial charge in [0.05, 0.1) is 13.2 Å². The SMILES string of the molecule is CNC(=O)c1ccc(NC(=O)Nc2ccc(N/C(=N/C(=N)N3CCOCC3)N(C)C)cc2)cc1. The first-order chi connectivity index (χ1) is 16.4. The molecule has 1 aliphatic heterocycles. The molecule has 2 aromatic rings. The number of hydrogen-bond acceptors (Lipinski definition) is 4. The minimum absolute atomic E-state index is 0.179. The first kappa shape index (κ1) is 24.5. The van der Waals surface area contributed by atoms with E-state index in [9.17, 15) is 9.59 Å². The monoisotopic (exact) mass is 466 g/mol. The van der Waals surface area contributed by atoms with E-state index < -0.39 is 6.03 Å². The molecule has 0 atom stereocenters. The minimum atomic E-state index is -0.400. The molecule has 0 saturated carbocycles. The van der Waals surface area contributed by atoms with Crippen LogP contribution in [0.5, 0.6) is 0 Å². The molecular weight excluding hydrogens is 436 g/mol. The third kappa shape index (κ3) is 6.94. The maximum absolute atomic E-state index is 12.3. The number of carbonyl (C=O) groups excluding carboxylic acids is 2. The number of hydrogen-bond donors (Lipinski definition) is 5. The fraction of sp³-hybridized carbons (Fsp3) is 0.304.